The van der Waals surface area contributed by atoms with Gasteiger partial charge in [0.2, 0.25) is 5.91 Å². The molecule has 0 aromatic heterocycles. The van der Waals surface area contributed by atoms with Crippen LogP contribution in [-0.4, -0.2) is 46.5 Å². The highest BCUT2D eigenvalue weighted by Gasteiger charge is 2.27. The normalized spacial score (nSPS) is 19.9. The fraction of sp³-hybridized carbons (Fsp3) is 0.600. The number of aliphatic carboxylic acids is 1. The predicted octanol–water partition coefficient (Wildman–Crippen LogP) is 0.839. The number of carboxylic acids is 1. The number of thioether (sulfide) groups is 1. The largest absolute Gasteiger partial charge is 0.480 e. The fourth-order valence-corrected chi connectivity index (χ4v) is 2.75. The first-order valence-electron chi connectivity index (χ1n) is 4.84. The van der Waals surface area contributed by atoms with Gasteiger partial charge in [-0.25, -0.2) is 0 Å². The summed E-state index contributed by atoms with van der Waals surface area (Å²) >= 11 is 1.74. The van der Waals surface area contributed by atoms with Crippen molar-refractivity contribution >= 4 is 23.6 Å². The molecule has 1 rings (SSSR count). The summed E-state index contributed by atoms with van der Waals surface area (Å²) < 4.78 is 0. The summed E-state index contributed by atoms with van der Waals surface area (Å²) in [7, 11) is 0. The average Bonchev–Trinajstić information content (AvgIpc) is 2.68. The number of nitrogens with zero attached hydrogens (tertiary/aromatic N) is 1. The summed E-state index contributed by atoms with van der Waals surface area (Å²) in [5, 5.41) is 8.67. The van der Waals surface area contributed by atoms with Crippen LogP contribution in [0.15, 0.2) is 12.7 Å². The van der Waals surface area contributed by atoms with E-state index in [0.717, 1.165) is 17.9 Å². The van der Waals surface area contributed by atoms with Crippen LogP contribution in [0.3, 0.4) is 0 Å². The van der Waals surface area contributed by atoms with Gasteiger partial charge in [-0.15, -0.1) is 6.58 Å². The van der Waals surface area contributed by atoms with E-state index < -0.39 is 5.97 Å². The van der Waals surface area contributed by atoms with E-state index in [1.165, 1.54) is 4.90 Å². The third-order valence-electron chi connectivity index (χ3n) is 2.27. The first-order valence-corrected chi connectivity index (χ1v) is 6.00. The van der Waals surface area contributed by atoms with Crippen LogP contribution < -0.4 is 0 Å². The van der Waals surface area contributed by atoms with Crippen molar-refractivity contribution in [2.45, 2.75) is 6.42 Å². The van der Waals surface area contributed by atoms with Gasteiger partial charge in [-0.05, 0) is 12.2 Å². The summed E-state index contributed by atoms with van der Waals surface area (Å²) in [6, 6.07) is 0. The van der Waals surface area contributed by atoms with Crippen LogP contribution in [0.2, 0.25) is 0 Å². The highest BCUT2D eigenvalue weighted by Crippen LogP contribution is 2.25. The molecule has 1 fully saturated rings. The van der Waals surface area contributed by atoms with Crippen molar-refractivity contribution in [3.05, 3.63) is 12.7 Å². The van der Waals surface area contributed by atoms with Crippen molar-refractivity contribution in [1.29, 1.82) is 0 Å². The van der Waals surface area contributed by atoms with Crippen LogP contribution >= 0.6 is 11.8 Å². The predicted molar refractivity (Wildman–Crippen MR) is 59.8 cm³/mol. The molecule has 5 heteroatoms. The molecule has 1 atom stereocenters. The Morgan fingerprint density at radius 1 is 1.60 bits per heavy atom. The Morgan fingerprint density at radius 3 is 2.80 bits per heavy atom. The topological polar surface area (TPSA) is 57.6 Å². The Kier molecular flexibility index (Phi) is 4.68. The van der Waals surface area contributed by atoms with E-state index in [1.807, 2.05) is 0 Å². The van der Waals surface area contributed by atoms with Gasteiger partial charge in [-0.1, -0.05) is 6.08 Å². The molecule has 0 spiro atoms. The van der Waals surface area contributed by atoms with Gasteiger partial charge in [0.1, 0.15) is 6.54 Å². The van der Waals surface area contributed by atoms with Crippen molar-refractivity contribution in [3.63, 3.8) is 0 Å². The molecule has 1 saturated heterocycles. The lowest BCUT2D eigenvalue weighted by molar-refractivity contribution is -0.145. The first kappa shape index (κ1) is 12.1. The van der Waals surface area contributed by atoms with Gasteiger partial charge in [0, 0.05) is 18.2 Å². The SMILES string of the molecule is C=CCN(CC(=O)O)C(=O)C1CCSC1. The zero-order valence-corrected chi connectivity index (χ0v) is 9.33. The van der Waals surface area contributed by atoms with Gasteiger partial charge in [-0.2, -0.15) is 11.8 Å². The van der Waals surface area contributed by atoms with E-state index in [4.69, 9.17) is 5.11 Å². The number of hydrogen-bond donors (Lipinski definition) is 1. The number of amides is 1. The van der Waals surface area contributed by atoms with Crippen molar-refractivity contribution in [2.75, 3.05) is 24.6 Å². The van der Waals surface area contributed by atoms with Crippen LogP contribution in [0.1, 0.15) is 6.42 Å². The van der Waals surface area contributed by atoms with E-state index in [-0.39, 0.29) is 18.4 Å². The number of hydrogen-bond acceptors (Lipinski definition) is 3. The Balaban J connectivity index is 2.56. The minimum absolute atomic E-state index is 0.00528. The molecule has 0 saturated carbocycles. The molecule has 4 nitrogen and oxygen atoms in total. The molecule has 1 aliphatic heterocycles. The van der Waals surface area contributed by atoms with Gasteiger partial charge in [0.25, 0.3) is 0 Å². The Bertz CT molecular complexity index is 261. The second-order valence-electron chi connectivity index (χ2n) is 3.46. The molecule has 1 amide bonds. The summed E-state index contributed by atoms with van der Waals surface area (Å²) in [5.41, 5.74) is 0. The number of carbonyl (C=O) groups is 2. The van der Waals surface area contributed by atoms with Crippen LogP contribution in [-0.2, 0) is 9.59 Å². The summed E-state index contributed by atoms with van der Waals surface area (Å²) in [5.74, 6) is 0.768. The minimum atomic E-state index is -0.976. The molecule has 0 aromatic carbocycles. The zero-order valence-electron chi connectivity index (χ0n) is 8.52. The van der Waals surface area contributed by atoms with Gasteiger partial charge in [0.15, 0.2) is 0 Å². The smallest absolute Gasteiger partial charge is 0.323 e. The Morgan fingerprint density at radius 2 is 2.33 bits per heavy atom. The standard InChI is InChI=1S/C10H15NO3S/c1-2-4-11(6-9(12)13)10(14)8-3-5-15-7-8/h2,8H,1,3-7H2,(H,12,13). The van der Waals surface area contributed by atoms with E-state index in [1.54, 1.807) is 17.8 Å². The van der Waals surface area contributed by atoms with E-state index in [9.17, 15) is 9.59 Å². The third-order valence-corrected chi connectivity index (χ3v) is 3.43. The Hall–Kier alpha value is -0.970. The third kappa shape index (κ3) is 3.58. The highest BCUT2D eigenvalue weighted by molar-refractivity contribution is 7.99. The van der Waals surface area contributed by atoms with Gasteiger partial charge in [0.05, 0.1) is 0 Å². The van der Waals surface area contributed by atoms with Crippen molar-refractivity contribution in [2.24, 2.45) is 5.92 Å². The minimum Gasteiger partial charge on any atom is -0.480 e. The molecule has 84 valence electrons. The molecule has 0 bridgehead atoms. The molecule has 1 heterocycles. The lowest BCUT2D eigenvalue weighted by Gasteiger charge is -2.21. The van der Waals surface area contributed by atoms with Crippen LogP contribution in [0, 0.1) is 5.92 Å². The van der Waals surface area contributed by atoms with Crippen LogP contribution in [0.25, 0.3) is 0 Å². The van der Waals surface area contributed by atoms with E-state index in [0.29, 0.717) is 6.54 Å². The molecule has 0 radical (unpaired) electrons. The molecule has 0 aromatic rings. The fourth-order valence-electron chi connectivity index (χ4n) is 1.54. The lowest BCUT2D eigenvalue weighted by atomic mass is 10.1. The summed E-state index contributed by atoms with van der Waals surface area (Å²) in [4.78, 5) is 23.8. The zero-order chi connectivity index (χ0) is 11.3. The highest BCUT2D eigenvalue weighted by atomic mass is 32.2. The van der Waals surface area contributed by atoms with E-state index in [2.05, 4.69) is 6.58 Å². The molecular formula is C10H15NO3S. The quantitative estimate of drug-likeness (QED) is 0.710. The van der Waals surface area contributed by atoms with Crippen LogP contribution in [0.4, 0.5) is 0 Å². The average molecular weight is 229 g/mol. The van der Waals surface area contributed by atoms with Crippen molar-refractivity contribution in [1.82, 2.24) is 4.90 Å². The van der Waals surface area contributed by atoms with Crippen molar-refractivity contribution < 1.29 is 14.7 Å². The second kappa shape index (κ2) is 5.80. The Labute approximate surface area is 93.3 Å². The molecule has 0 aliphatic carbocycles. The van der Waals surface area contributed by atoms with Gasteiger partial charge >= 0.3 is 5.97 Å². The van der Waals surface area contributed by atoms with Gasteiger partial charge < -0.3 is 10.0 Å². The first-order chi connectivity index (χ1) is 7.15. The number of carboxylic acid groups (broad SMARTS) is 1. The maximum Gasteiger partial charge on any atom is 0.323 e. The number of carbonyl (C=O) groups excluding carboxylic acids is 1. The lowest BCUT2D eigenvalue weighted by Crippen LogP contribution is -2.39. The monoisotopic (exact) mass is 229 g/mol. The number of rotatable bonds is 5. The molecular weight excluding hydrogens is 214 g/mol. The molecule has 1 aliphatic rings. The second-order valence-corrected chi connectivity index (χ2v) is 4.61. The van der Waals surface area contributed by atoms with Gasteiger partial charge in [-0.3, -0.25) is 9.59 Å². The van der Waals surface area contributed by atoms with E-state index >= 15 is 0 Å². The molecule has 15 heavy (non-hydrogen) atoms. The molecule has 1 unspecified atom stereocenters. The van der Waals surface area contributed by atoms with Crippen molar-refractivity contribution in [3.8, 4) is 0 Å². The summed E-state index contributed by atoms with van der Waals surface area (Å²) in [6.07, 6.45) is 2.42. The maximum absolute atomic E-state index is 11.9. The maximum atomic E-state index is 11.9. The molecule has 1 N–H and O–H groups in total. The van der Waals surface area contributed by atoms with Crippen LogP contribution in [0.5, 0.6) is 0 Å². The summed E-state index contributed by atoms with van der Waals surface area (Å²) in [6.45, 7) is 3.61.